The van der Waals surface area contributed by atoms with Crippen molar-refractivity contribution >= 4 is 15.9 Å². The van der Waals surface area contributed by atoms with E-state index >= 15 is 0 Å². The molecule has 0 amide bonds. The Morgan fingerprint density at radius 3 is 3.00 bits per heavy atom. The van der Waals surface area contributed by atoms with Crippen LogP contribution in [0.15, 0.2) is 34.3 Å². The molecule has 1 spiro atoms. The first-order chi connectivity index (χ1) is 12.2. The summed E-state index contributed by atoms with van der Waals surface area (Å²) < 4.78 is 13.3. The van der Waals surface area contributed by atoms with E-state index in [1.54, 1.807) is 12.7 Å². The predicted octanol–water partition coefficient (Wildman–Crippen LogP) is 3.95. The summed E-state index contributed by atoms with van der Waals surface area (Å²) in [6.45, 7) is 2.45. The molecule has 2 aliphatic heterocycles. The Hall–Kier alpha value is -1.26. The zero-order valence-electron chi connectivity index (χ0n) is 14.4. The van der Waals surface area contributed by atoms with Gasteiger partial charge in [0.1, 0.15) is 6.10 Å². The molecule has 1 saturated carbocycles. The molecule has 0 radical (unpaired) electrons. The lowest BCUT2D eigenvalue weighted by Gasteiger charge is -2.53. The lowest BCUT2D eigenvalue weighted by molar-refractivity contribution is 0.0951. The standard InChI is InChI=1S/C21H22BrNO2/c1-24-17-7-4-13-10-16-14-5-6-15(22)20-21(14,18(13)19(17)25-20)8-9-23(16)11-12-2-3-12/h4-7,12,16,20H,2-3,8-11H2,1H3/t16-,20+,21+/m1/s1. The van der Waals surface area contributed by atoms with Crippen molar-refractivity contribution in [2.24, 2.45) is 5.92 Å². The van der Waals surface area contributed by atoms with Gasteiger partial charge in [0.25, 0.3) is 0 Å². The predicted molar refractivity (Wildman–Crippen MR) is 101 cm³/mol. The van der Waals surface area contributed by atoms with Crippen molar-refractivity contribution in [2.75, 3.05) is 20.2 Å². The van der Waals surface area contributed by atoms with Gasteiger partial charge < -0.3 is 9.47 Å². The largest absolute Gasteiger partial charge is 0.493 e. The second kappa shape index (κ2) is 4.92. The molecular formula is C21H22BrNO2. The highest BCUT2D eigenvalue weighted by Gasteiger charge is 2.61. The fraction of sp³-hybridized carbons (Fsp3) is 0.524. The van der Waals surface area contributed by atoms with Crippen molar-refractivity contribution in [1.82, 2.24) is 4.90 Å². The second-order valence-electron chi connectivity index (χ2n) is 8.18. The van der Waals surface area contributed by atoms with Gasteiger partial charge in [0.15, 0.2) is 11.5 Å². The third kappa shape index (κ3) is 1.80. The monoisotopic (exact) mass is 399 g/mol. The van der Waals surface area contributed by atoms with E-state index in [2.05, 4.69) is 45.1 Å². The molecule has 25 heavy (non-hydrogen) atoms. The molecule has 2 bridgehead atoms. The minimum Gasteiger partial charge on any atom is -0.493 e. The van der Waals surface area contributed by atoms with E-state index in [4.69, 9.17) is 9.47 Å². The number of halogens is 1. The number of piperidine rings is 1. The molecule has 2 heterocycles. The summed E-state index contributed by atoms with van der Waals surface area (Å²) in [5.41, 5.74) is 4.46. The Labute approximate surface area is 156 Å². The Morgan fingerprint density at radius 2 is 2.20 bits per heavy atom. The Kier molecular flexibility index (Phi) is 2.92. The number of nitrogens with zero attached hydrogens (tertiary/aromatic N) is 1. The van der Waals surface area contributed by atoms with Crippen LogP contribution in [0.1, 0.15) is 30.4 Å². The van der Waals surface area contributed by atoms with Crippen molar-refractivity contribution < 1.29 is 9.47 Å². The molecule has 3 atom stereocenters. The molecule has 1 aromatic carbocycles. The normalized spacial score (nSPS) is 34.8. The second-order valence-corrected chi connectivity index (χ2v) is 9.10. The first-order valence-electron chi connectivity index (χ1n) is 9.41. The molecule has 0 unspecified atom stereocenters. The van der Waals surface area contributed by atoms with Gasteiger partial charge in [-0.3, -0.25) is 4.90 Å². The quantitative estimate of drug-likeness (QED) is 0.767. The maximum Gasteiger partial charge on any atom is 0.166 e. The van der Waals surface area contributed by atoms with E-state index in [0.29, 0.717) is 6.04 Å². The van der Waals surface area contributed by atoms with Crippen LogP contribution in [0, 0.1) is 5.92 Å². The van der Waals surface area contributed by atoms with Crippen LogP contribution in [-0.4, -0.2) is 37.2 Å². The summed E-state index contributed by atoms with van der Waals surface area (Å²) in [6, 6.07) is 4.90. The molecule has 2 fully saturated rings. The smallest absolute Gasteiger partial charge is 0.166 e. The van der Waals surface area contributed by atoms with E-state index in [9.17, 15) is 0 Å². The minimum atomic E-state index is 0.00968. The first kappa shape index (κ1) is 14.9. The van der Waals surface area contributed by atoms with Gasteiger partial charge in [-0.2, -0.15) is 0 Å². The van der Waals surface area contributed by atoms with Gasteiger partial charge in [-0.15, -0.1) is 0 Å². The van der Waals surface area contributed by atoms with Crippen LogP contribution < -0.4 is 9.47 Å². The molecule has 1 aromatic rings. The minimum absolute atomic E-state index is 0.00968. The maximum absolute atomic E-state index is 6.54. The zero-order valence-corrected chi connectivity index (χ0v) is 16.0. The molecular weight excluding hydrogens is 378 g/mol. The summed E-state index contributed by atoms with van der Waals surface area (Å²) in [4.78, 5) is 2.75. The fourth-order valence-corrected chi connectivity index (χ4v) is 6.28. The summed E-state index contributed by atoms with van der Waals surface area (Å²) in [5.74, 6) is 2.79. The van der Waals surface area contributed by atoms with Crippen LogP contribution in [0.2, 0.25) is 0 Å². The van der Waals surface area contributed by atoms with Crippen LogP contribution in [0.5, 0.6) is 11.5 Å². The lowest BCUT2D eigenvalue weighted by atomic mass is 9.57. The van der Waals surface area contributed by atoms with Crippen molar-refractivity contribution in [3.05, 3.63) is 45.5 Å². The van der Waals surface area contributed by atoms with Crippen LogP contribution in [-0.2, 0) is 11.8 Å². The third-order valence-corrected chi connectivity index (χ3v) is 7.62. The Morgan fingerprint density at radius 1 is 1.32 bits per heavy atom. The topological polar surface area (TPSA) is 21.7 Å². The number of hydrogen-bond donors (Lipinski definition) is 0. The number of benzene rings is 1. The van der Waals surface area contributed by atoms with E-state index in [1.807, 2.05) is 0 Å². The molecule has 6 rings (SSSR count). The molecule has 3 nitrogen and oxygen atoms in total. The fourth-order valence-electron chi connectivity index (χ4n) is 5.66. The third-order valence-electron chi connectivity index (χ3n) is 6.94. The van der Waals surface area contributed by atoms with Crippen LogP contribution in [0.3, 0.4) is 0 Å². The first-order valence-corrected chi connectivity index (χ1v) is 10.2. The van der Waals surface area contributed by atoms with Crippen LogP contribution in [0.25, 0.3) is 0 Å². The summed E-state index contributed by atoms with van der Waals surface area (Å²) in [7, 11) is 1.74. The molecule has 0 N–H and O–H groups in total. The Bertz CT molecular complexity index is 841. The summed E-state index contributed by atoms with van der Waals surface area (Å²) in [5, 5.41) is 0. The number of allylic oxidation sites excluding steroid dienone is 2. The average Bonchev–Trinajstić information content (AvgIpc) is 3.36. The van der Waals surface area contributed by atoms with Gasteiger partial charge in [0.05, 0.1) is 12.5 Å². The molecule has 0 aromatic heterocycles. The van der Waals surface area contributed by atoms with E-state index in [0.717, 1.165) is 34.7 Å². The highest BCUT2D eigenvalue weighted by Crippen LogP contribution is 2.63. The van der Waals surface area contributed by atoms with Crippen molar-refractivity contribution in [3.8, 4) is 11.5 Å². The molecule has 1 saturated heterocycles. The number of rotatable bonds is 3. The molecule has 3 aliphatic carbocycles. The van der Waals surface area contributed by atoms with Gasteiger partial charge >= 0.3 is 0 Å². The maximum atomic E-state index is 6.54. The summed E-state index contributed by atoms with van der Waals surface area (Å²) >= 11 is 3.80. The number of likely N-dealkylation sites (tertiary alicyclic amines) is 1. The Balaban J connectivity index is 1.57. The molecule has 5 aliphatic rings. The number of ether oxygens (including phenoxy) is 2. The van der Waals surface area contributed by atoms with Gasteiger partial charge in [-0.05, 0) is 54.9 Å². The van der Waals surface area contributed by atoms with Gasteiger partial charge in [0, 0.05) is 29.2 Å². The van der Waals surface area contributed by atoms with E-state index in [1.165, 1.54) is 37.1 Å². The van der Waals surface area contributed by atoms with Crippen molar-refractivity contribution in [2.45, 2.75) is 43.2 Å². The lowest BCUT2D eigenvalue weighted by Crippen LogP contribution is -2.59. The molecule has 130 valence electrons. The highest BCUT2D eigenvalue weighted by molar-refractivity contribution is 9.11. The molecule has 4 heteroatoms. The van der Waals surface area contributed by atoms with Gasteiger partial charge in [-0.1, -0.05) is 28.1 Å². The number of hydrogen-bond acceptors (Lipinski definition) is 3. The van der Waals surface area contributed by atoms with Gasteiger partial charge in [0.2, 0.25) is 0 Å². The zero-order chi connectivity index (χ0) is 16.8. The van der Waals surface area contributed by atoms with Gasteiger partial charge in [-0.25, -0.2) is 0 Å². The average molecular weight is 400 g/mol. The van der Waals surface area contributed by atoms with Crippen molar-refractivity contribution in [3.63, 3.8) is 0 Å². The number of methoxy groups -OCH3 is 1. The van der Waals surface area contributed by atoms with E-state index in [-0.39, 0.29) is 11.5 Å². The van der Waals surface area contributed by atoms with E-state index < -0.39 is 0 Å². The SMILES string of the molecule is COc1ccc2c3c1O[C@H]1C(Br)=CC=C4[C@@H](C2)N(CC2CC2)CC[C@]431. The van der Waals surface area contributed by atoms with Crippen LogP contribution in [0.4, 0.5) is 0 Å². The van der Waals surface area contributed by atoms with Crippen molar-refractivity contribution in [1.29, 1.82) is 0 Å². The van der Waals surface area contributed by atoms with Crippen LogP contribution >= 0.6 is 15.9 Å². The summed E-state index contributed by atoms with van der Waals surface area (Å²) in [6.07, 6.45) is 9.76. The highest BCUT2D eigenvalue weighted by atomic mass is 79.9.